The quantitative estimate of drug-likeness (QED) is 0.667. The number of ether oxygens (including phenoxy) is 2. The first kappa shape index (κ1) is 18.1. The molecule has 0 saturated heterocycles. The minimum atomic E-state index is -0.106. The van der Waals surface area contributed by atoms with Crippen LogP contribution in [0.1, 0.15) is 51.2 Å². The van der Waals surface area contributed by atoms with Crippen LogP contribution in [0, 0.1) is 0 Å². The van der Waals surface area contributed by atoms with E-state index >= 15 is 0 Å². The molecule has 0 heterocycles. The molecule has 1 aromatic rings. The van der Waals surface area contributed by atoms with Crippen LogP contribution in [0.15, 0.2) is 24.3 Å². The van der Waals surface area contributed by atoms with Gasteiger partial charge in [0, 0.05) is 20.3 Å². The van der Waals surface area contributed by atoms with Crippen LogP contribution >= 0.6 is 0 Å². The van der Waals surface area contributed by atoms with Crippen molar-refractivity contribution in [2.75, 3.05) is 26.8 Å². The van der Waals surface area contributed by atoms with Crippen molar-refractivity contribution in [1.82, 2.24) is 5.32 Å². The smallest absolute Gasteiger partial charge is 0.0716 e. The van der Waals surface area contributed by atoms with Gasteiger partial charge in [-0.25, -0.2) is 0 Å². The normalized spacial score (nSPS) is 13.4. The van der Waals surface area contributed by atoms with Crippen molar-refractivity contribution in [3.8, 4) is 0 Å². The largest absolute Gasteiger partial charge is 0.379 e. The van der Waals surface area contributed by atoms with E-state index in [1.807, 2.05) is 0 Å². The van der Waals surface area contributed by atoms with Crippen molar-refractivity contribution in [2.24, 2.45) is 0 Å². The van der Waals surface area contributed by atoms with Gasteiger partial charge in [0.2, 0.25) is 0 Å². The monoisotopic (exact) mass is 293 g/mol. The molecule has 0 aromatic heterocycles. The number of hydrogen-bond donors (Lipinski definition) is 1. The van der Waals surface area contributed by atoms with E-state index in [0.717, 1.165) is 26.1 Å². The first-order valence-electron chi connectivity index (χ1n) is 7.91. The van der Waals surface area contributed by atoms with E-state index in [9.17, 15) is 0 Å². The van der Waals surface area contributed by atoms with Gasteiger partial charge >= 0.3 is 0 Å². The third kappa shape index (κ3) is 7.07. The van der Waals surface area contributed by atoms with Crippen LogP contribution in [0.4, 0.5) is 0 Å². The lowest BCUT2D eigenvalue weighted by atomic mass is 10.00. The van der Waals surface area contributed by atoms with Crippen molar-refractivity contribution < 1.29 is 9.47 Å². The maximum atomic E-state index is 5.73. The fourth-order valence-electron chi connectivity index (χ4n) is 2.03. The summed E-state index contributed by atoms with van der Waals surface area (Å²) < 4.78 is 11.1. The lowest BCUT2D eigenvalue weighted by Gasteiger charge is -2.22. The van der Waals surface area contributed by atoms with E-state index in [2.05, 4.69) is 57.3 Å². The van der Waals surface area contributed by atoms with E-state index in [1.54, 1.807) is 7.11 Å². The average Bonchev–Trinajstić information content (AvgIpc) is 2.50. The molecule has 0 saturated carbocycles. The molecule has 3 heteroatoms. The molecule has 3 nitrogen and oxygen atoms in total. The first-order chi connectivity index (χ1) is 9.98. The van der Waals surface area contributed by atoms with E-state index in [0.29, 0.717) is 12.5 Å². The highest BCUT2D eigenvalue weighted by molar-refractivity contribution is 5.24. The second-order valence-corrected chi connectivity index (χ2v) is 6.22. The van der Waals surface area contributed by atoms with Crippen LogP contribution in [0.25, 0.3) is 0 Å². The maximum Gasteiger partial charge on any atom is 0.0716 e. The molecule has 0 radical (unpaired) electrons. The van der Waals surface area contributed by atoms with E-state index in [-0.39, 0.29) is 5.60 Å². The summed E-state index contributed by atoms with van der Waals surface area (Å²) in [5.74, 6) is 0.544. The Hall–Kier alpha value is -0.900. The zero-order valence-electron chi connectivity index (χ0n) is 14.2. The molecule has 0 aliphatic rings. The standard InChI is InChI=1S/C18H31NO2/c1-6-19-13-15(2)17-9-7-16(8-10-17)14-21-12-11-18(3,4)20-5/h7-10,15,19H,6,11-14H2,1-5H3. The molecule has 1 rings (SSSR count). The average molecular weight is 293 g/mol. The van der Waals surface area contributed by atoms with Gasteiger partial charge in [-0.3, -0.25) is 0 Å². The van der Waals surface area contributed by atoms with Gasteiger partial charge < -0.3 is 14.8 Å². The number of hydrogen-bond acceptors (Lipinski definition) is 3. The Bertz CT molecular complexity index is 387. The van der Waals surface area contributed by atoms with Gasteiger partial charge in [0.05, 0.1) is 12.2 Å². The molecule has 0 bridgehead atoms. The maximum absolute atomic E-state index is 5.73. The van der Waals surface area contributed by atoms with Gasteiger partial charge in [-0.2, -0.15) is 0 Å². The Kier molecular flexibility index (Phi) is 7.94. The number of likely N-dealkylation sites (N-methyl/N-ethyl adjacent to an activating group) is 1. The highest BCUT2D eigenvalue weighted by atomic mass is 16.5. The topological polar surface area (TPSA) is 30.5 Å². The van der Waals surface area contributed by atoms with Gasteiger partial charge in [0.25, 0.3) is 0 Å². The van der Waals surface area contributed by atoms with E-state index < -0.39 is 0 Å². The summed E-state index contributed by atoms with van der Waals surface area (Å²) >= 11 is 0. The summed E-state index contributed by atoms with van der Waals surface area (Å²) in [6, 6.07) is 8.75. The molecule has 0 amide bonds. The fraction of sp³-hybridized carbons (Fsp3) is 0.667. The first-order valence-corrected chi connectivity index (χ1v) is 7.91. The van der Waals surface area contributed by atoms with Crippen LogP contribution in [0.2, 0.25) is 0 Å². The van der Waals surface area contributed by atoms with Crippen LogP contribution < -0.4 is 5.32 Å². The highest BCUT2D eigenvalue weighted by Gasteiger charge is 2.15. The van der Waals surface area contributed by atoms with Gasteiger partial charge in [0.1, 0.15) is 0 Å². The number of rotatable bonds is 10. The molecular weight excluding hydrogens is 262 g/mol. The van der Waals surface area contributed by atoms with Gasteiger partial charge in [-0.15, -0.1) is 0 Å². The summed E-state index contributed by atoms with van der Waals surface area (Å²) in [6.45, 7) is 12.0. The summed E-state index contributed by atoms with van der Waals surface area (Å²) in [7, 11) is 1.74. The Morgan fingerprint density at radius 3 is 2.43 bits per heavy atom. The molecule has 21 heavy (non-hydrogen) atoms. The summed E-state index contributed by atoms with van der Waals surface area (Å²) in [5, 5.41) is 3.39. The summed E-state index contributed by atoms with van der Waals surface area (Å²) in [4.78, 5) is 0. The highest BCUT2D eigenvalue weighted by Crippen LogP contribution is 2.16. The molecule has 0 fully saturated rings. The van der Waals surface area contributed by atoms with Crippen molar-refractivity contribution in [3.05, 3.63) is 35.4 Å². The Morgan fingerprint density at radius 2 is 1.86 bits per heavy atom. The second-order valence-electron chi connectivity index (χ2n) is 6.22. The third-order valence-electron chi connectivity index (χ3n) is 3.92. The van der Waals surface area contributed by atoms with Crippen molar-refractivity contribution in [3.63, 3.8) is 0 Å². The van der Waals surface area contributed by atoms with Crippen LogP contribution in [0.3, 0.4) is 0 Å². The van der Waals surface area contributed by atoms with Gasteiger partial charge in [0.15, 0.2) is 0 Å². The van der Waals surface area contributed by atoms with Gasteiger partial charge in [-0.1, -0.05) is 38.1 Å². The molecule has 0 spiro atoms. The molecule has 0 aliphatic carbocycles. The minimum absolute atomic E-state index is 0.106. The second kappa shape index (κ2) is 9.19. The number of nitrogens with one attached hydrogen (secondary N) is 1. The lowest BCUT2D eigenvalue weighted by Crippen LogP contribution is -2.24. The van der Waals surface area contributed by atoms with Crippen molar-refractivity contribution >= 4 is 0 Å². The minimum Gasteiger partial charge on any atom is -0.379 e. The number of methoxy groups -OCH3 is 1. The van der Waals surface area contributed by atoms with Crippen molar-refractivity contribution in [1.29, 1.82) is 0 Å². The van der Waals surface area contributed by atoms with E-state index in [4.69, 9.17) is 9.47 Å². The predicted molar refractivity (Wildman–Crippen MR) is 88.8 cm³/mol. The molecule has 0 aliphatic heterocycles. The molecule has 1 atom stereocenters. The SMILES string of the molecule is CCNCC(C)c1ccc(COCCC(C)(C)OC)cc1. The predicted octanol–water partition coefficient (Wildman–Crippen LogP) is 3.73. The Balaban J connectivity index is 2.34. The van der Waals surface area contributed by atoms with Crippen LogP contribution in [-0.4, -0.2) is 32.4 Å². The molecular formula is C18H31NO2. The lowest BCUT2D eigenvalue weighted by molar-refractivity contribution is -0.0124. The molecule has 1 unspecified atom stereocenters. The third-order valence-corrected chi connectivity index (χ3v) is 3.92. The zero-order chi connectivity index (χ0) is 15.7. The van der Waals surface area contributed by atoms with Crippen molar-refractivity contribution in [2.45, 2.75) is 52.2 Å². The molecule has 120 valence electrons. The van der Waals surface area contributed by atoms with E-state index in [1.165, 1.54) is 11.1 Å². The van der Waals surface area contributed by atoms with Gasteiger partial charge in [-0.05, 0) is 43.9 Å². The van der Waals surface area contributed by atoms with Crippen LogP contribution in [-0.2, 0) is 16.1 Å². The Morgan fingerprint density at radius 1 is 1.19 bits per heavy atom. The Labute approximate surface area is 130 Å². The summed E-state index contributed by atoms with van der Waals surface area (Å²) in [6.07, 6.45) is 0.904. The summed E-state index contributed by atoms with van der Waals surface area (Å²) in [5.41, 5.74) is 2.50. The number of benzene rings is 1. The molecule has 1 aromatic carbocycles. The van der Waals surface area contributed by atoms with Crippen LogP contribution in [0.5, 0.6) is 0 Å². The fourth-order valence-corrected chi connectivity index (χ4v) is 2.03. The molecule has 1 N–H and O–H groups in total. The zero-order valence-corrected chi connectivity index (χ0v) is 14.2.